The molecule has 1 N–H and O–H groups in total. The highest BCUT2D eigenvalue weighted by Crippen LogP contribution is 2.23. The average Bonchev–Trinajstić information content (AvgIpc) is 2.78. The van der Waals surface area contributed by atoms with Crippen LogP contribution in [0.1, 0.15) is 25.8 Å². The topological polar surface area (TPSA) is 55.1 Å². The summed E-state index contributed by atoms with van der Waals surface area (Å²) in [5, 5.41) is 2.68. The van der Waals surface area contributed by atoms with E-state index in [0.29, 0.717) is 11.7 Å². The number of amides is 1. The maximum atomic E-state index is 12.8. The van der Waals surface area contributed by atoms with E-state index in [1.54, 1.807) is 25.3 Å². The SMILES string of the molecule is CC(=O)NC(C)c1ncc(-c2ccc(F)cc2)o1. The second-order valence-electron chi connectivity index (χ2n) is 3.99. The van der Waals surface area contributed by atoms with Crippen LogP contribution in [0, 0.1) is 5.82 Å². The average molecular weight is 248 g/mol. The van der Waals surface area contributed by atoms with Crippen molar-refractivity contribution in [2.75, 3.05) is 0 Å². The fourth-order valence-corrected chi connectivity index (χ4v) is 1.60. The van der Waals surface area contributed by atoms with Crippen LogP contribution in [0.15, 0.2) is 34.9 Å². The molecule has 2 aromatic rings. The minimum absolute atomic E-state index is 0.149. The van der Waals surface area contributed by atoms with Crippen molar-refractivity contribution in [2.45, 2.75) is 19.9 Å². The summed E-state index contributed by atoms with van der Waals surface area (Å²) in [6, 6.07) is 5.64. The minimum atomic E-state index is -0.301. The summed E-state index contributed by atoms with van der Waals surface area (Å²) in [5.74, 6) is 0.515. The maximum Gasteiger partial charge on any atom is 0.217 e. The van der Waals surface area contributed by atoms with E-state index in [4.69, 9.17) is 4.42 Å². The quantitative estimate of drug-likeness (QED) is 0.908. The number of carbonyl (C=O) groups is 1. The minimum Gasteiger partial charge on any atom is -0.438 e. The number of rotatable bonds is 3. The molecule has 18 heavy (non-hydrogen) atoms. The van der Waals surface area contributed by atoms with Gasteiger partial charge in [-0.3, -0.25) is 4.79 Å². The van der Waals surface area contributed by atoms with Gasteiger partial charge in [0.2, 0.25) is 11.8 Å². The lowest BCUT2D eigenvalue weighted by molar-refractivity contribution is -0.119. The van der Waals surface area contributed by atoms with Crippen molar-refractivity contribution < 1.29 is 13.6 Å². The lowest BCUT2D eigenvalue weighted by Gasteiger charge is -2.07. The molecule has 0 saturated heterocycles. The van der Waals surface area contributed by atoms with Crippen LogP contribution >= 0.6 is 0 Å². The number of benzene rings is 1. The normalized spacial score (nSPS) is 12.2. The molecule has 0 spiro atoms. The lowest BCUT2D eigenvalue weighted by Crippen LogP contribution is -2.23. The van der Waals surface area contributed by atoms with Gasteiger partial charge in [-0.25, -0.2) is 9.37 Å². The van der Waals surface area contributed by atoms with E-state index >= 15 is 0 Å². The Bertz CT molecular complexity index is 548. The van der Waals surface area contributed by atoms with Crippen molar-refractivity contribution in [1.82, 2.24) is 10.3 Å². The third-order valence-electron chi connectivity index (χ3n) is 2.44. The van der Waals surface area contributed by atoms with Crippen LogP contribution in [0.25, 0.3) is 11.3 Å². The van der Waals surface area contributed by atoms with Crippen LogP contribution in [0.2, 0.25) is 0 Å². The summed E-state index contributed by atoms with van der Waals surface area (Å²) in [5.41, 5.74) is 0.741. The molecule has 0 bridgehead atoms. The lowest BCUT2D eigenvalue weighted by atomic mass is 10.2. The molecule has 0 saturated carbocycles. The van der Waals surface area contributed by atoms with Gasteiger partial charge in [0.1, 0.15) is 11.9 Å². The van der Waals surface area contributed by atoms with Gasteiger partial charge in [-0.2, -0.15) is 0 Å². The molecule has 0 aliphatic rings. The molecule has 0 aliphatic heterocycles. The molecule has 1 aromatic carbocycles. The molecule has 1 aromatic heterocycles. The van der Waals surface area contributed by atoms with Crippen molar-refractivity contribution in [3.8, 4) is 11.3 Å². The molecule has 1 atom stereocenters. The molecule has 0 radical (unpaired) electrons. The monoisotopic (exact) mass is 248 g/mol. The predicted molar refractivity (Wildman–Crippen MR) is 64.1 cm³/mol. The Labute approximate surface area is 104 Å². The zero-order valence-corrected chi connectivity index (χ0v) is 10.1. The van der Waals surface area contributed by atoms with E-state index in [2.05, 4.69) is 10.3 Å². The van der Waals surface area contributed by atoms with Crippen molar-refractivity contribution in [2.24, 2.45) is 0 Å². The molecular formula is C13H13FN2O2. The Morgan fingerprint density at radius 1 is 1.39 bits per heavy atom. The molecule has 94 valence electrons. The Balaban J connectivity index is 2.19. The van der Waals surface area contributed by atoms with E-state index in [9.17, 15) is 9.18 Å². The van der Waals surface area contributed by atoms with Crippen molar-refractivity contribution >= 4 is 5.91 Å². The Kier molecular flexibility index (Phi) is 3.41. The van der Waals surface area contributed by atoms with Crippen LogP contribution in [0.4, 0.5) is 4.39 Å². The Hall–Kier alpha value is -2.17. The van der Waals surface area contributed by atoms with Gasteiger partial charge in [-0.15, -0.1) is 0 Å². The summed E-state index contributed by atoms with van der Waals surface area (Å²) in [7, 11) is 0. The fourth-order valence-electron chi connectivity index (χ4n) is 1.60. The summed E-state index contributed by atoms with van der Waals surface area (Å²) >= 11 is 0. The second-order valence-corrected chi connectivity index (χ2v) is 3.99. The molecule has 1 amide bonds. The summed E-state index contributed by atoms with van der Waals surface area (Å²) in [6.45, 7) is 3.21. The number of oxazole rings is 1. The van der Waals surface area contributed by atoms with Crippen LogP contribution in [0.3, 0.4) is 0 Å². The number of nitrogens with zero attached hydrogens (tertiary/aromatic N) is 1. The molecule has 0 fully saturated rings. The highest BCUT2D eigenvalue weighted by atomic mass is 19.1. The van der Waals surface area contributed by atoms with Gasteiger partial charge in [0.15, 0.2) is 5.76 Å². The van der Waals surface area contributed by atoms with Gasteiger partial charge in [-0.1, -0.05) is 0 Å². The first kappa shape index (κ1) is 12.3. The summed E-state index contributed by atoms with van der Waals surface area (Å²) in [6.07, 6.45) is 1.56. The smallest absolute Gasteiger partial charge is 0.217 e. The number of nitrogens with one attached hydrogen (secondary N) is 1. The number of hydrogen-bond acceptors (Lipinski definition) is 3. The van der Waals surface area contributed by atoms with E-state index in [-0.39, 0.29) is 17.8 Å². The van der Waals surface area contributed by atoms with E-state index < -0.39 is 0 Å². The van der Waals surface area contributed by atoms with Crippen molar-refractivity contribution in [3.05, 3.63) is 42.2 Å². The maximum absolute atomic E-state index is 12.8. The molecule has 0 aliphatic carbocycles. The number of aromatic nitrogens is 1. The number of hydrogen-bond donors (Lipinski definition) is 1. The Morgan fingerprint density at radius 2 is 2.06 bits per heavy atom. The third kappa shape index (κ3) is 2.74. The van der Waals surface area contributed by atoms with Crippen LogP contribution in [-0.4, -0.2) is 10.9 Å². The largest absolute Gasteiger partial charge is 0.438 e. The zero-order valence-electron chi connectivity index (χ0n) is 10.1. The standard InChI is InChI=1S/C13H13FN2O2/c1-8(16-9(2)17)13-15-7-12(18-13)10-3-5-11(14)6-4-10/h3-8H,1-2H3,(H,16,17). The molecule has 1 unspecified atom stereocenters. The number of halogens is 1. The van der Waals surface area contributed by atoms with Gasteiger partial charge in [0.05, 0.1) is 6.20 Å². The van der Waals surface area contributed by atoms with Gasteiger partial charge in [0.25, 0.3) is 0 Å². The van der Waals surface area contributed by atoms with E-state index in [0.717, 1.165) is 5.56 Å². The third-order valence-corrected chi connectivity index (χ3v) is 2.44. The van der Waals surface area contributed by atoms with Gasteiger partial charge in [0, 0.05) is 12.5 Å². The highest BCUT2D eigenvalue weighted by molar-refractivity contribution is 5.73. The first-order valence-electron chi connectivity index (χ1n) is 5.55. The van der Waals surface area contributed by atoms with Gasteiger partial charge < -0.3 is 9.73 Å². The summed E-state index contributed by atoms with van der Waals surface area (Å²) in [4.78, 5) is 15.0. The molecule has 5 heteroatoms. The van der Waals surface area contributed by atoms with Crippen molar-refractivity contribution in [3.63, 3.8) is 0 Å². The van der Waals surface area contributed by atoms with Crippen molar-refractivity contribution in [1.29, 1.82) is 0 Å². The molecule has 1 heterocycles. The first-order chi connectivity index (χ1) is 8.56. The highest BCUT2D eigenvalue weighted by Gasteiger charge is 2.13. The number of carbonyl (C=O) groups excluding carboxylic acids is 1. The predicted octanol–water partition coefficient (Wildman–Crippen LogP) is 2.68. The van der Waals surface area contributed by atoms with Crippen LogP contribution in [-0.2, 0) is 4.79 Å². The summed E-state index contributed by atoms with van der Waals surface area (Å²) < 4.78 is 18.3. The van der Waals surface area contributed by atoms with Gasteiger partial charge in [-0.05, 0) is 31.2 Å². The Morgan fingerprint density at radius 3 is 2.67 bits per heavy atom. The molecule has 4 nitrogen and oxygen atoms in total. The van der Waals surface area contributed by atoms with Crippen LogP contribution in [0.5, 0.6) is 0 Å². The molecule has 2 rings (SSSR count). The molecular weight excluding hydrogens is 235 g/mol. The van der Waals surface area contributed by atoms with E-state index in [1.807, 2.05) is 0 Å². The fraction of sp³-hybridized carbons (Fsp3) is 0.231. The zero-order chi connectivity index (χ0) is 13.1. The van der Waals surface area contributed by atoms with Gasteiger partial charge >= 0.3 is 0 Å². The second kappa shape index (κ2) is 5.00. The van der Waals surface area contributed by atoms with E-state index in [1.165, 1.54) is 19.1 Å². The van der Waals surface area contributed by atoms with Crippen LogP contribution < -0.4 is 5.32 Å². The first-order valence-corrected chi connectivity index (χ1v) is 5.55.